The van der Waals surface area contributed by atoms with Crippen LogP contribution in [0, 0.1) is 5.92 Å². The van der Waals surface area contributed by atoms with E-state index in [1.807, 2.05) is 0 Å². The van der Waals surface area contributed by atoms with Crippen molar-refractivity contribution < 1.29 is 49.4 Å². The van der Waals surface area contributed by atoms with Gasteiger partial charge in [-0.1, -0.05) is 0 Å². The normalized spacial score (nSPS) is 23.5. The molecule has 2 N–H and O–H groups in total. The van der Waals surface area contributed by atoms with Crippen LogP contribution >= 0.6 is 22.6 Å². The van der Waals surface area contributed by atoms with Crippen LogP contribution in [0.1, 0.15) is 33.4 Å². The molecule has 146 valence electrons. The second kappa shape index (κ2) is 7.91. The van der Waals surface area contributed by atoms with Crippen LogP contribution in [0.3, 0.4) is 0 Å². The first kappa shape index (κ1) is 20.9. The molecule has 3 unspecified atom stereocenters. The van der Waals surface area contributed by atoms with E-state index >= 15 is 0 Å². The maximum absolute atomic E-state index is 13.0. The number of rotatable bonds is 5. The Morgan fingerprint density at radius 3 is 2.59 bits per heavy atom. The Hall–Kier alpha value is -0.790. The molecule has 1 heterocycles. The van der Waals surface area contributed by atoms with Crippen LogP contribution in [-0.4, -0.2) is 29.8 Å². The van der Waals surface area contributed by atoms with Crippen LogP contribution in [-0.2, 0) is 9.78 Å². The van der Waals surface area contributed by atoms with Gasteiger partial charge in [0.05, 0.1) is 0 Å². The predicted molar refractivity (Wildman–Crippen MR) is 96.1 cm³/mol. The number of alkyl halides is 6. The second-order valence-corrected chi connectivity index (χ2v) is 10.5. The van der Waals surface area contributed by atoms with E-state index in [4.69, 9.17) is 0 Å². The number of aliphatic hydroxyl groups excluding tert-OH is 1. The zero-order valence-corrected chi connectivity index (χ0v) is 18.1. The summed E-state index contributed by atoms with van der Waals surface area (Å²) in [6.07, 6.45) is -6.30. The van der Waals surface area contributed by atoms with Crippen molar-refractivity contribution in [2.24, 2.45) is 5.92 Å². The number of benzene rings is 1. The molecular formula is C18H15F3I2NO3-. The van der Waals surface area contributed by atoms with Gasteiger partial charge in [0.1, 0.15) is 0 Å². The third-order valence-electron chi connectivity index (χ3n) is 4.31. The van der Waals surface area contributed by atoms with Crippen LogP contribution in [0.4, 0.5) is 13.2 Å². The molecule has 0 saturated heterocycles. The van der Waals surface area contributed by atoms with E-state index in [9.17, 15) is 28.2 Å². The Balaban J connectivity index is 2.05. The van der Waals surface area contributed by atoms with Crippen molar-refractivity contribution in [1.82, 2.24) is 4.98 Å². The average Bonchev–Trinajstić information content (AvgIpc) is 2.87. The number of ketones is 1. The first-order chi connectivity index (χ1) is 12.7. The number of aromatic nitrogens is 1. The number of Topliss-reactive ketones (excluding diaryl/α,β-unsaturated/α-hetero) is 1. The third-order valence-corrected chi connectivity index (χ3v) is 10.4. The van der Waals surface area contributed by atoms with E-state index in [1.54, 1.807) is 24.3 Å². The Bertz CT molecular complexity index is 862. The van der Waals surface area contributed by atoms with Gasteiger partial charge in [-0.05, 0) is 0 Å². The fourth-order valence-corrected chi connectivity index (χ4v) is 7.52. The van der Waals surface area contributed by atoms with Gasteiger partial charge in [0.2, 0.25) is 0 Å². The van der Waals surface area contributed by atoms with Gasteiger partial charge in [-0.2, -0.15) is 0 Å². The maximum atomic E-state index is 13.0. The summed E-state index contributed by atoms with van der Waals surface area (Å²) in [4.78, 5) is 16.4. The molecule has 0 radical (unpaired) electrons. The van der Waals surface area contributed by atoms with Crippen molar-refractivity contribution in [2.75, 3.05) is 8.86 Å². The molecule has 2 aromatic rings. The molecule has 1 aliphatic rings. The van der Waals surface area contributed by atoms with Crippen molar-refractivity contribution in [3.63, 3.8) is 0 Å². The first-order valence-corrected chi connectivity index (χ1v) is 12.1. The molecule has 1 aromatic carbocycles. The van der Waals surface area contributed by atoms with Crippen LogP contribution < -0.4 is 21.2 Å². The van der Waals surface area contributed by atoms with Crippen LogP contribution in [0.15, 0.2) is 42.5 Å². The van der Waals surface area contributed by atoms with Gasteiger partial charge in [0.25, 0.3) is 0 Å². The number of hydrogen-bond acceptors (Lipinski definition) is 4. The van der Waals surface area contributed by atoms with E-state index < -0.39 is 54.5 Å². The summed E-state index contributed by atoms with van der Waals surface area (Å²) in [5.74, 6) is -1.73. The molecule has 9 heteroatoms. The number of fused-ring (bicyclic) bond motifs is 1. The van der Waals surface area contributed by atoms with E-state index in [-0.39, 0.29) is 5.69 Å². The monoisotopic (exact) mass is 604 g/mol. The zero-order valence-electron chi connectivity index (χ0n) is 13.8. The fraction of sp³-hybridized carbons (Fsp3) is 0.333. The summed E-state index contributed by atoms with van der Waals surface area (Å²) in [6, 6.07) is 9.76. The molecule has 0 bridgehead atoms. The Labute approximate surface area is 177 Å². The molecule has 4 nitrogen and oxygen atoms in total. The van der Waals surface area contributed by atoms with Gasteiger partial charge >= 0.3 is 178 Å². The quantitative estimate of drug-likeness (QED) is 0.382. The van der Waals surface area contributed by atoms with Gasteiger partial charge < -0.3 is 0 Å². The van der Waals surface area contributed by atoms with Crippen LogP contribution in [0.25, 0.3) is 0 Å². The zero-order chi connectivity index (χ0) is 19.8. The van der Waals surface area contributed by atoms with Crippen molar-refractivity contribution in [3.8, 4) is 0 Å². The predicted octanol–water partition coefficient (Wildman–Crippen LogP) is 0.316. The number of hydrogen-bond donors (Lipinski definition) is 2. The molecule has 0 amide bonds. The topological polar surface area (TPSA) is 70.4 Å². The third kappa shape index (κ3) is 3.87. The molecule has 3 rings (SSSR count). The number of nitrogens with zero attached hydrogens (tertiary/aromatic N) is 1. The minimum atomic E-state index is -4.66. The number of halogens is 5. The summed E-state index contributed by atoms with van der Waals surface area (Å²) in [5.41, 5.74) is -0.659. The standard InChI is InChI=1S/C18H15F3I2NO3/c19-18(20,21)13-7-3-6-12(24-13)16(26)14-15(25)10-4-1-2-5-11(10)17(14,27)23-9-8-22/h1-7,14,16,26-27H,8-9H2/q-1. The molecule has 0 fully saturated rings. The number of pyridine rings is 1. The first-order valence-electron chi connectivity index (χ1n) is 7.94. The summed E-state index contributed by atoms with van der Waals surface area (Å²) in [5, 5.41) is 22.2. The Morgan fingerprint density at radius 1 is 1.22 bits per heavy atom. The summed E-state index contributed by atoms with van der Waals surface area (Å²) < 4.78 is 38.8. The van der Waals surface area contributed by atoms with Gasteiger partial charge in [-0.15, -0.1) is 0 Å². The number of carbonyl (C=O) groups excluding carboxylic acids is 1. The molecule has 0 saturated carbocycles. The van der Waals surface area contributed by atoms with Crippen LogP contribution in [0.5, 0.6) is 0 Å². The molecule has 1 aromatic heterocycles. The summed E-state index contributed by atoms with van der Waals surface area (Å²) in [6.45, 7) is 0. The minimum absolute atomic E-state index is 0.270. The average molecular weight is 604 g/mol. The molecule has 27 heavy (non-hydrogen) atoms. The summed E-state index contributed by atoms with van der Waals surface area (Å²) >= 11 is 1.21. The number of aliphatic hydroxyl groups is 2. The molecule has 0 spiro atoms. The summed E-state index contributed by atoms with van der Waals surface area (Å²) in [7, 11) is 0. The Morgan fingerprint density at radius 2 is 1.93 bits per heavy atom. The van der Waals surface area contributed by atoms with Crippen molar-refractivity contribution in [2.45, 2.75) is 15.9 Å². The molecule has 3 atom stereocenters. The van der Waals surface area contributed by atoms with Gasteiger partial charge in [-0.25, -0.2) is 0 Å². The fourth-order valence-electron chi connectivity index (χ4n) is 3.14. The van der Waals surface area contributed by atoms with Gasteiger partial charge in [0, 0.05) is 0 Å². The SMILES string of the molecule is O=C1c2ccccc2C(O)([I-]CCI)C1C(O)c1cccc(C(F)(F)F)n1. The van der Waals surface area contributed by atoms with E-state index in [0.29, 0.717) is 15.6 Å². The van der Waals surface area contributed by atoms with E-state index in [1.165, 1.54) is 6.07 Å². The Kier molecular flexibility index (Phi) is 6.14. The van der Waals surface area contributed by atoms with Gasteiger partial charge in [-0.3, -0.25) is 0 Å². The van der Waals surface area contributed by atoms with E-state index in [2.05, 4.69) is 27.6 Å². The van der Waals surface area contributed by atoms with Crippen molar-refractivity contribution in [3.05, 3.63) is 65.0 Å². The second-order valence-electron chi connectivity index (χ2n) is 5.96. The van der Waals surface area contributed by atoms with Gasteiger partial charge in [0.15, 0.2) is 0 Å². The number of carbonyl (C=O) groups is 1. The molecular weight excluding hydrogens is 589 g/mol. The van der Waals surface area contributed by atoms with Crippen molar-refractivity contribution in [1.29, 1.82) is 0 Å². The van der Waals surface area contributed by atoms with Crippen molar-refractivity contribution >= 4 is 28.4 Å². The van der Waals surface area contributed by atoms with Crippen LogP contribution in [0.2, 0.25) is 0 Å². The van der Waals surface area contributed by atoms with E-state index in [0.717, 1.165) is 16.6 Å². The molecule has 1 aliphatic carbocycles. The molecule has 0 aliphatic heterocycles.